The van der Waals surface area contributed by atoms with Crippen LogP contribution in [0.15, 0.2) is 53.3 Å². The maximum atomic E-state index is 13.4. The maximum absolute atomic E-state index is 13.4. The van der Waals surface area contributed by atoms with Crippen LogP contribution in [0.25, 0.3) is 0 Å². The van der Waals surface area contributed by atoms with Gasteiger partial charge in [-0.1, -0.05) is 54.0 Å². The van der Waals surface area contributed by atoms with Gasteiger partial charge in [-0.2, -0.15) is 0 Å². The zero-order chi connectivity index (χ0) is 26.0. The van der Waals surface area contributed by atoms with Gasteiger partial charge in [0.1, 0.15) is 5.70 Å². The van der Waals surface area contributed by atoms with Crippen molar-refractivity contribution in [1.82, 2.24) is 9.88 Å². The molecule has 0 fully saturated rings. The summed E-state index contributed by atoms with van der Waals surface area (Å²) in [6.45, 7) is 16.6. The van der Waals surface area contributed by atoms with Crippen molar-refractivity contribution in [2.75, 3.05) is 30.4 Å². The molecule has 2 amide bonds. The average Bonchev–Trinajstić information content (AvgIpc) is 2.80. The van der Waals surface area contributed by atoms with E-state index in [1.54, 1.807) is 47.3 Å². The highest BCUT2D eigenvalue weighted by molar-refractivity contribution is 9.11. The molecule has 0 unspecified atom stereocenters. The molecular formula is C26H34BrClN4O2. The van der Waals surface area contributed by atoms with E-state index in [0.717, 1.165) is 11.1 Å². The number of carbonyl (C=O) groups excluding carboxylic acids is 2. The Hall–Kier alpha value is -2.64. The Balaban J connectivity index is 0.00000281. The second-order valence-corrected chi connectivity index (χ2v) is 8.71. The fourth-order valence-electron chi connectivity index (χ4n) is 3.36. The van der Waals surface area contributed by atoms with Gasteiger partial charge in [0.2, 0.25) is 0 Å². The van der Waals surface area contributed by atoms with Gasteiger partial charge in [0.05, 0.1) is 16.3 Å². The number of benzene rings is 1. The topological polar surface area (TPSA) is 65.5 Å². The van der Waals surface area contributed by atoms with Crippen LogP contribution in [0, 0.1) is 13.8 Å². The predicted molar refractivity (Wildman–Crippen MR) is 147 cm³/mol. The van der Waals surface area contributed by atoms with Gasteiger partial charge in [0, 0.05) is 30.8 Å². The van der Waals surface area contributed by atoms with Gasteiger partial charge >= 0.3 is 0 Å². The third-order valence-electron chi connectivity index (χ3n) is 4.94. The Kier molecular flexibility index (Phi) is 12.0. The van der Waals surface area contributed by atoms with Gasteiger partial charge in [0.25, 0.3) is 11.8 Å². The summed E-state index contributed by atoms with van der Waals surface area (Å²) in [6.07, 6.45) is 3.18. The summed E-state index contributed by atoms with van der Waals surface area (Å²) in [5.74, 6) is -0.131. The molecule has 2 rings (SSSR count). The van der Waals surface area contributed by atoms with Crippen LogP contribution in [-0.2, 0) is 4.79 Å². The lowest BCUT2D eigenvalue weighted by molar-refractivity contribution is -0.112. The van der Waals surface area contributed by atoms with Crippen molar-refractivity contribution in [2.45, 2.75) is 41.5 Å². The molecule has 1 N–H and O–H groups in total. The van der Waals surface area contributed by atoms with Crippen LogP contribution >= 0.6 is 27.5 Å². The van der Waals surface area contributed by atoms with Gasteiger partial charge in [-0.15, -0.1) is 0 Å². The Morgan fingerprint density at radius 2 is 1.82 bits per heavy atom. The smallest absolute Gasteiger partial charge is 0.272 e. The predicted octanol–water partition coefficient (Wildman–Crippen LogP) is 6.73. The second kappa shape index (κ2) is 13.9. The van der Waals surface area contributed by atoms with E-state index >= 15 is 0 Å². The van der Waals surface area contributed by atoms with E-state index in [4.69, 9.17) is 11.6 Å². The number of allylic oxidation sites excluding steroid dienone is 2. The first kappa shape index (κ1) is 29.4. The molecule has 184 valence electrons. The number of hydrogen-bond acceptors (Lipinski definition) is 4. The molecule has 0 spiro atoms. The van der Waals surface area contributed by atoms with Crippen molar-refractivity contribution in [3.63, 3.8) is 0 Å². The van der Waals surface area contributed by atoms with Crippen molar-refractivity contribution in [2.24, 2.45) is 0 Å². The molecule has 34 heavy (non-hydrogen) atoms. The van der Waals surface area contributed by atoms with E-state index < -0.39 is 5.91 Å². The summed E-state index contributed by atoms with van der Waals surface area (Å²) >= 11 is 9.59. The minimum absolute atomic E-state index is 0.131. The van der Waals surface area contributed by atoms with Crippen LogP contribution in [0.1, 0.15) is 49.2 Å². The SMILES string of the molecule is C=C(Br)/C=C(/C(=O)Nc1c(C)cc(C)cc1C(=O)N(CC)CC)N(C)c1ncccc1Cl.CC. The highest BCUT2D eigenvalue weighted by atomic mass is 79.9. The molecule has 0 saturated heterocycles. The Morgan fingerprint density at radius 1 is 1.21 bits per heavy atom. The van der Waals surface area contributed by atoms with Crippen molar-refractivity contribution >= 4 is 50.9 Å². The molecule has 2 aromatic rings. The Morgan fingerprint density at radius 3 is 2.35 bits per heavy atom. The first-order valence-corrected chi connectivity index (χ1v) is 12.4. The molecule has 0 aliphatic carbocycles. The van der Waals surface area contributed by atoms with Gasteiger partial charge in [-0.25, -0.2) is 4.98 Å². The molecule has 8 heteroatoms. The minimum atomic E-state index is -0.421. The number of halogens is 2. The van der Waals surface area contributed by atoms with Crippen molar-refractivity contribution in [3.05, 3.63) is 75.0 Å². The molecule has 0 atom stereocenters. The lowest BCUT2D eigenvalue weighted by Crippen LogP contribution is -2.33. The maximum Gasteiger partial charge on any atom is 0.272 e. The van der Waals surface area contributed by atoms with E-state index in [1.165, 1.54) is 0 Å². The third-order valence-corrected chi connectivity index (χ3v) is 5.47. The molecule has 0 saturated carbocycles. The van der Waals surface area contributed by atoms with Crippen LogP contribution in [0.5, 0.6) is 0 Å². The molecule has 6 nitrogen and oxygen atoms in total. The van der Waals surface area contributed by atoms with E-state index in [1.807, 2.05) is 47.6 Å². The number of pyridine rings is 1. The highest BCUT2D eigenvalue weighted by Crippen LogP contribution is 2.28. The lowest BCUT2D eigenvalue weighted by Gasteiger charge is -2.25. The third kappa shape index (κ3) is 7.43. The summed E-state index contributed by atoms with van der Waals surface area (Å²) in [7, 11) is 1.69. The summed E-state index contributed by atoms with van der Waals surface area (Å²) in [4.78, 5) is 34.2. The standard InChI is InChI=1S/C24H28BrClN4O2.C2H6/c1-7-30(8-2)24(32)18-13-15(3)12-16(4)21(18)28-23(31)20(14-17(5)25)29(6)22-19(26)10-9-11-27-22;1-2/h9-14H,5,7-8H2,1-4,6H3,(H,28,31);1-2H3/b20-14-;. The summed E-state index contributed by atoms with van der Waals surface area (Å²) < 4.78 is 0.502. The number of carbonyl (C=O) groups is 2. The quantitative estimate of drug-likeness (QED) is 0.293. The summed E-state index contributed by atoms with van der Waals surface area (Å²) in [6, 6.07) is 7.15. The van der Waals surface area contributed by atoms with Crippen LogP contribution < -0.4 is 10.2 Å². The van der Waals surface area contributed by atoms with E-state index in [2.05, 4.69) is 32.8 Å². The van der Waals surface area contributed by atoms with Gasteiger partial charge in [-0.3, -0.25) is 9.59 Å². The molecule has 1 heterocycles. The lowest BCUT2D eigenvalue weighted by atomic mass is 10.0. The van der Waals surface area contributed by atoms with Gasteiger partial charge in [-0.05, 0) is 63.1 Å². The normalized spacial score (nSPS) is 10.7. The van der Waals surface area contributed by atoms with Crippen molar-refractivity contribution in [1.29, 1.82) is 0 Å². The number of hydrogen-bond donors (Lipinski definition) is 1. The average molecular weight is 550 g/mol. The number of amides is 2. The molecule has 0 aliphatic rings. The fraction of sp³-hybridized carbons (Fsp3) is 0.346. The first-order chi connectivity index (χ1) is 16.1. The number of nitrogens with zero attached hydrogens (tertiary/aromatic N) is 3. The van der Waals surface area contributed by atoms with E-state index in [-0.39, 0.29) is 11.6 Å². The Labute approximate surface area is 216 Å². The number of rotatable bonds is 8. The van der Waals surface area contributed by atoms with Crippen LogP contribution in [-0.4, -0.2) is 41.8 Å². The van der Waals surface area contributed by atoms with Gasteiger partial charge in [0.15, 0.2) is 5.82 Å². The number of aryl methyl sites for hydroxylation is 2. The highest BCUT2D eigenvalue weighted by Gasteiger charge is 2.24. The van der Waals surface area contributed by atoms with Gasteiger partial charge < -0.3 is 15.1 Å². The van der Waals surface area contributed by atoms with Crippen LogP contribution in [0.2, 0.25) is 5.02 Å². The van der Waals surface area contributed by atoms with E-state index in [0.29, 0.717) is 39.7 Å². The minimum Gasteiger partial charge on any atom is -0.339 e. The fourth-order valence-corrected chi connectivity index (χ4v) is 3.83. The second-order valence-electron chi connectivity index (χ2n) is 7.28. The largest absolute Gasteiger partial charge is 0.339 e. The Bertz CT molecular complexity index is 1060. The molecular weight excluding hydrogens is 516 g/mol. The molecule has 0 radical (unpaired) electrons. The number of likely N-dealkylation sites (N-methyl/N-ethyl adjacent to an activating group) is 1. The van der Waals surface area contributed by atoms with Crippen LogP contribution in [0.3, 0.4) is 0 Å². The summed E-state index contributed by atoms with van der Waals surface area (Å²) in [5.41, 5.74) is 2.93. The molecule has 1 aromatic carbocycles. The molecule has 0 aliphatic heterocycles. The molecule has 0 bridgehead atoms. The molecule has 1 aromatic heterocycles. The van der Waals surface area contributed by atoms with Crippen molar-refractivity contribution in [3.8, 4) is 0 Å². The number of nitrogens with one attached hydrogen (secondary N) is 1. The number of anilines is 2. The zero-order valence-electron chi connectivity index (χ0n) is 21.0. The first-order valence-electron chi connectivity index (χ1n) is 11.2. The summed E-state index contributed by atoms with van der Waals surface area (Å²) in [5, 5.41) is 3.34. The van der Waals surface area contributed by atoms with Crippen molar-refractivity contribution < 1.29 is 9.59 Å². The van der Waals surface area contributed by atoms with Crippen LogP contribution in [0.4, 0.5) is 11.5 Å². The number of aromatic nitrogens is 1. The zero-order valence-corrected chi connectivity index (χ0v) is 23.3. The van der Waals surface area contributed by atoms with E-state index in [9.17, 15) is 9.59 Å². The monoisotopic (exact) mass is 548 g/mol.